The van der Waals surface area contributed by atoms with Crippen molar-refractivity contribution in [2.45, 2.75) is 13.0 Å². The molecule has 1 saturated heterocycles. The Bertz CT molecular complexity index is 911. The van der Waals surface area contributed by atoms with Crippen LogP contribution in [0.5, 0.6) is 0 Å². The van der Waals surface area contributed by atoms with Crippen LogP contribution in [0.4, 0.5) is 8.78 Å². The molecule has 2 amide bonds. The van der Waals surface area contributed by atoms with Gasteiger partial charge in [-0.25, -0.2) is 13.6 Å². The predicted molar refractivity (Wildman–Crippen MR) is 100 cm³/mol. The van der Waals surface area contributed by atoms with Crippen LogP contribution in [0.1, 0.15) is 32.7 Å². The molecule has 1 aliphatic rings. The lowest BCUT2D eigenvalue weighted by molar-refractivity contribution is -0.130. The zero-order chi connectivity index (χ0) is 21.0. The van der Waals surface area contributed by atoms with Gasteiger partial charge in [0.1, 0.15) is 11.6 Å². The van der Waals surface area contributed by atoms with Crippen LogP contribution in [0, 0.1) is 11.6 Å². The number of nitrogens with zero attached hydrogens (tertiary/aromatic N) is 2. The summed E-state index contributed by atoms with van der Waals surface area (Å²) in [7, 11) is 1.30. The summed E-state index contributed by atoms with van der Waals surface area (Å²) in [6, 6.07) is 9.40. The van der Waals surface area contributed by atoms with Crippen molar-refractivity contribution in [1.29, 1.82) is 0 Å². The van der Waals surface area contributed by atoms with Crippen LogP contribution in [0.25, 0.3) is 0 Å². The summed E-state index contributed by atoms with van der Waals surface area (Å²) in [5.41, 5.74) is 1.16. The van der Waals surface area contributed by atoms with E-state index in [-0.39, 0.29) is 31.0 Å². The van der Waals surface area contributed by atoms with Gasteiger partial charge in [-0.05, 0) is 29.8 Å². The summed E-state index contributed by atoms with van der Waals surface area (Å²) >= 11 is 0. The number of methoxy groups -OCH3 is 1. The van der Waals surface area contributed by atoms with Crippen molar-refractivity contribution in [3.63, 3.8) is 0 Å². The predicted octanol–water partition coefficient (Wildman–Crippen LogP) is 2.63. The van der Waals surface area contributed by atoms with Crippen molar-refractivity contribution in [2.24, 2.45) is 0 Å². The van der Waals surface area contributed by atoms with Gasteiger partial charge in [-0.2, -0.15) is 0 Å². The van der Waals surface area contributed by atoms with Crippen LogP contribution in [0.2, 0.25) is 0 Å². The Labute approximate surface area is 166 Å². The standard InChI is InChI=1S/C21H20F2N2O4/c1-29-21(28)15-4-2-14(3-5-15)13-25-9-8-24(7-6-19(25)26)20(27)16-10-17(22)12-18(23)11-16/h2-5,10-12H,6-9,13H2,1H3. The molecule has 6 nitrogen and oxygen atoms in total. The van der Waals surface area contributed by atoms with Gasteiger partial charge in [0.25, 0.3) is 5.91 Å². The second kappa shape index (κ2) is 8.81. The van der Waals surface area contributed by atoms with E-state index in [2.05, 4.69) is 4.74 Å². The number of ether oxygens (including phenoxy) is 1. The topological polar surface area (TPSA) is 66.9 Å². The van der Waals surface area contributed by atoms with E-state index < -0.39 is 23.5 Å². The molecule has 0 N–H and O–H groups in total. The molecule has 0 atom stereocenters. The minimum Gasteiger partial charge on any atom is -0.465 e. The lowest BCUT2D eigenvalue weighted by atomic mass is 10.1. The Morgan fingerprint density at radius 1 is 0.966 bits per heavy atom. The Balaban J connectivity index is 1.66. The maximum Gasteiger partial charge on any atom is 0.337 e. The Morgan fingerprint density at radius 2 is 1.62 bits per heavy atom. The number of rotatable bonds is 4. The van der Waals surface area contributed by atoms with E-state index >= 15 is 0 Å². The number of carbonyl (C=O) groups excluding carboxylic acids is 3. The van der Waals surface area contributed by atoms with E-state index in [0.717, 1.165) is 17.7 Å². The van der Waals surface area contributed by atoms with Crippen molar-refractivity contribution >= 4 is 17.8 Å². The molecule has 0 aromatic heterocycles. The van der Waals surface area contributed by atoms with E-state index in [9.17, 15) is 23.2 Å². The number of esters is 1. The third kappa shape index (κ3) is 4.96. The minimum atomic E-state index is -0.823. The van der Waals surface area contributed by atoms with Crippen molar-refractivity contribution in [1.82, 2.24) is 9.80 Å². The molecule has 0 radical (unpaired) electrons. The van der Waals surface area contributed by atoms with E-state index in [1.807, 2.05) is 0 Å². The number of benzene rings is 2. The molecule has 152 valence electrons. The molecule has 0 aliphatic carbocycles. The van der Waals surface area contributed by atoms with Crippen LogP contribution in [-0.4, -0.2) is 54.3 Å². The van der Waals surface area contributed by atoms with Gasteiger partial charge in [0.15, 0.2) is 0 Å². The van der Waals surface area contributed by atoms with E-state index in [1.54, 1.807) is 29.2 Å². The monoisotopic (exact) mass is 402 g/mol. The first-order chi connectivity index (χ1) is 13.9. The van der Waals surface area contributed by atoms with Crippen molar-refractivity contribution < 1.29 is 27.9 Å². The van der Waals surface area contributed by atoms with Crippen LogP contribution in [-0.2, 0) is 16.1 Å². The lowest BCUT2D eigenvalue weighted by Crippen LogP contribution is -2.35. The van der Waals surface area contributed by atoms with Gasteiger partial charge in [0.05, 0.1) is 12.7 Å². The van der Waals surface area contributed by atoms with Gasteiger partial charge in [0, 0.05) is 44.2 Å². The van der Waals surface area contributed by atoms with Crippen molar-refractivity contribution in [3.8, 4) is 0 Å². The van der Waals surface area contributed by atoms with Crippen LogP contribution >= 0.6 is 0 Å². The van der Waals surface area contributed by atoms with Crippen molar-refractivity contribution in [3.05, 3.63) is 70.8 Å². The number of hydrogen-bond acceptors (Lipinski definition) is 4. The van der Waals surface area contributed by atoms with Crippen LogP contribution < -0.4 is 0 Å². The first-order valence-electron chi connectivity index (χ1n) is 9.08. The smallest absolute Gasteiger partial charge is 0.337 e. The summed E-state index contributed by atoms with van der Waals surface area (Å²) in [6.45, 7) is 1.05. The van der Waals surface area contributed by atoms with E-state index in [4.69, 9.17) is 0 Å². The number of amides is 2. The molecule has 2 aromatic carbocycles. The minimum absolute atomic E-state index is 0.0817. The van der Waals surface area contributed by atoms with Gasteiger partial charge in [-0.15, -0.1) is 0 Å². The Kier molecular flexibility index (Phi) is 6.21. The van der Waals surface area contributed by atoms with Crippen LogP contribution in [0.15, 0.2) is 42.5 Å². The highest BCUT2D eigenvalue weighted by molar-refractivity contribution is 5.94. The third-order valence-corrected chi connectivity index (χ3v) is 4.73. The highest BCUT2D eigenvalue weighted by Gasteiger charge is 2.25. The van der Waals surface area contributed by atoms with E-state index in [1.165, 1.54) is 12.0 Å². The molecule has 1 fully saturated rings. The second-order valence-corrected chi connectivity index (χ2v) is 6.70. The van der Waals surface area contributed by atoms with Gasteiger partial charge in [-0.1, -0.05) is 12.1 Å². The highest BCUT2D eigenvalue weighted by atomic mass is 19.1. The summed E-state index contributed by atoms with van der Waals surface area (Å²) in [5.74, 6) is -2.72. The number of carbonyl (C=O) groups is 3. The molecule has 8 heteroatoms. The third-order valence-electron chi connectivity index (χ3n) is 4.73. The molecule has 3 rings (SSSR count). The average Bonchev–Trinajstić information content (AvgIpc) is 2.88. The fourth-order valence-electron chi connectivity index (χ4n) is 3.18. The zero-order valence-corrected chi connectivity index (χ0v) is 15.9. The van der Waals surface area contributed by atoms with Crippen molar-refractivity contribution in [2.75, 3.05) is 26.7 Å². The molecule has 29 heavy (non-hydrogen) atoms. The highest BCUT2D eigenvalue weighted by Crippen LogP contribution is 2.15. The quantitative estimate of drug-likeness (QED) is 0.738. The molecule has 0 bridgehead atoms. The zero-order valence-electron chi connectivity index (χ0n) is 15.9. The Hall–Kier alpha value is -3.29. The average molecular weight is 402 g/mol. The summed E-state index contributed by atoms with van der Waals surface area (Å²) in [4.78, 5) is 39.6. The largest absolute Gasteiger partial charge is 0.465 e. The SMILES string of the molecule is COC(=O)c1ccc(CN2CCN(C(=O)c3cc(F)cc(F)c3)CCC2=O)cc1. The molecular formula is C21H20F2N2O4. The van der Waals surface area contributed by atoms with Gasteiger partial charge in [0.2, 0.25) is 5.91 Å². The molecule has 0 unspecified atom stereocenters. The Morgan fingerprint density at radius 3 is 2.24 bits per heavy atom. The second-order valence-electron chi connectivity index (χ2n) is 6.70. The molecule has 1 aliphatic heterocycles. The molecular weight excluding hydrogens is 382 g/mol. The molecule has 0 saturated carbocycles. The summed E-state index contributed by atoms with van der Waals surface area (Å²) in [6.07, 6.45) is 0.115. The summed E-state index contributed by atoms with van der Waals surface area (Å²) < 4.78 is 31.5. The lowest BCUT2D eigenvalue weighted by Gasteiger charge is -2.22. The van der Waals surface area contributed by atoms with Crippen LogP contribution in [0.3, 0.4) is 0 Å². The maximum absolute atomic E-state index is 13.4. The molecule has 2 aromatic rings. The van der Waals surface area contributed by atoms with Gasteiger partial charge in [-0.3, -0.25) is 9.59 Å². The van der Waals surface area contributed by atoms with E-state index in [0.29, 0.717) is 24.7 Å². The fourth-order valence-corrected chi connectivity index (χ4v) is 3.18. The first kappa shape index (κ1) is 20.4. The summed E-state index contributed by atoms with van der Waals surface area (Å²) in [5, 5.41) is 0. The van der Waals surface area contributed by atoms with Gasteiger partial charge < -0.3 is 14.5 Å². The normalized spacial score (nSPS) is 14.5. The number of halogens is 2. The number of hydrogen-bond donors (Lipinski definition) is 0. The molecule has 1 heterocycles. The fraction of sp³-hybridized carbons (Fsp3) is 0.286. The van der Waals surface area contributed by atoms with Gasteiger partial charge >= 0.3 is 5.97 Å². The molecule has 0 spiro atoms. The first-order valence-corrected chi connectivity index (χ1v) is 9.08. The maximum atomic E-state index is 13.4.